The molecule has 0 aromatic heterocycles. The standard InChI is InChI=1S/C14H20N2O2/c1-10-8-12(17)6-7-13(10)16-14(18)9-15-11-4-2-3-5-11/h6-8,11,15,17H,2-5,9H2,1H3,(H,16,18). The van der Waals surface area contributed by atoms with Gasteiger partial charge in [0.05, 0.1) is 6.54 Å². The number of aromatic hydroxyl groups is 1. The Bertz CT molecular complexity index is 426. The van der Waals surface area contributed by atoms with E-state index in [0.717, 1.165) is 11.3 Å². The number of anilines is 1. The van der Waals surface area contributed by atoms with E-state index in [2.05, 4.69) is 10.6 Å². The lowest BCUT2D eigenvalue weighted by atomic mass is 10.2. The van der Waals surface area contributed by atoms with Gasteiger partial charge in [-0.2, -0.15) is 0 Å². The summed E-state index contributed by atoms with van der Waals surface area (Å²) in [5, 5.41) is 15.4. The maximum atomic E-state index is 11.8. The molecule has 0 spiro atoms. The van der Waals surface area contributed by atoms with Gasteiger partial charge in [0.15, 0.2) is 0 Å². The van der Waals surface area contributed by atoms with Crippen LogP contribution in [0.4, 0.5) is 5.69 Å². The van der Waals surface area contributed by atoms with Crippen LogP contribution in [0, 0.1) is 6.92 Å². The minimum Gasteiger partial charge on any atom is -0.508 e. The Hall–Kier alpha value is -1.55. The van der Waals surface area contributed by atoms with Crippen molar-refractivity contribution in [1.29, 1.82) is 0 Å². The molecule has 0 aliphatic heterocycles. The van der Waals surface area contributed by atoms with Crippen molar-refractivity contribution >= 4 is 11.6 Å². The third-order valence-electron chi connectivity index (χ3n) is 3.39. The predicted molar refractivity (Wildman–Crippen MR) is 71.7 cm³/mol. The van der Waals surface area contributed by atoms with Crippen LogP contribution in [-0.4, -0.2) is 23.6 Å². The van der Waals surface area contributed by atoms with Crippen molar-refractivity contribution in [3.05, 3.63) is 23.8 Å². The molecule has 18 heavy (non-hydrogen) atoms. The highest BCUT2D eigenvalue weighted by molar-refractivity contribution is 5.93. The summed E-state index contributed by atoms with van der Waals surface area (Å²) in [4.78, 5) is 11.8. The molecule has 4 nitrogen and oxygen atoms in total. The number of rotatable bonds is 4. The van der Waals surface area contributed by atoms with Crippen molar-refractivity contribution in [3.63, 3.8) is 0 Å². The lowest BCUT2D eigenvalue weighted by molar-refractivity contribution is -0.115. The molecular weight excluding hydrogens is 228 g/mol. The van der Waals surface area contributed by atoms with Gasteiger partial charge in [-0.1, -0.05) is 12.8 Å². The molecule has 1 aliphatic carbocycles. The summed E-state index contributed by atoms with van der Waals surface area (Å²) in [6.07, 6.45) is 4.86. The first kappa shape index (κ1) is 12.9. The lowest BCUT2D eigenvalue weighted by Gasteiger charge is -2.12. The maximum absolute atomic E-state index is 11.8. The Kier molecular flexibility index (Phi) is 4.20. The van der Waals surface area contributed by atoms with Crippen LogP contribution >= 0.6 is 0 Å². The molecule has 98 valence electrons. The van der Waals surface area contributed by atoms with E-state index in [1.54, 1.807) is 18.2 Å². The molecule has 0 atom stereocenters. The minimum atomic E-state index is -0.0318. The lowest BCUT2D eigenvalue weighted by Crippen LogP contribution is -2.34. The Labute approximate surface area is 107 Å². The summed E-state index contributed by atoms with van der Waals surface area (Å²) in [6.45, 7) is 2.21. The number of phenolic OH excluding ortho intramolecular Hbond substituents is 1. The molecule has 0 saturated heterocycles. The number of carbonyl (C=O) groups is 1. The fourth-order valence-corrected chi connectivity index (χ4v) is 2.35. The van der Waals surface area contributed by atoms with Gasteiger partial charge in [-0.05, 0) is 43.5 Å². The molecule has 3 N–H and O–H groups in total. The maximum Gasteiger partial charge on any atom is 0.238 e. The minimum absolute atomic E-state index is 0.0318. The summed E-state index contributed by atoms with van der Waals surface area (Å²) in [5.41, 5.74) is 1.62. The van der Waals surface area contributed by atoms with Gasteiger partial charge in [-0.15, -0.1) is 0 Å². The summed E-state index contributed by atoms with van der Waals surface area (Å²) in [6, 6.07) is 5.43. The summed E-state index contributed by atoms with van der Waals surface area (Å²) in [5.74, 6) is 0.185. The molecule has 0 heterocycles. The molecule has 0 radical (unpaired) electrons. The second kappa shape index (κ2) is 5.87. The van der Waals surface area contributed by atoms with E-state index >= 15 is 0 Å². The average Bonchev–Trinajstić information content (AvgIpc) is 2.83. The van der Waals surface area contributed by atoms with Gasteiger partial charge < -0.3 is 15.7 Å². The van der Waals surface area contributed by atoms with Gasteiger partial charge in [-0.25, -0.2) is 0 Å². The Morgan fingerprint density at radius 2 is 2.11 bits per heavy atom. The molecule has 1 fully saturated rings. The fraction of sp³-hybridized carbons (Fsp3) is 0.500. The monoisotopic (exact) mass is 248 g/mol. The SMILES string of the molecule is Cc1cc(O)ccc1NC(=O)CNC1CCCC1. The predicted octanol–water partition coefficient (Wildman–Crippen LogP) is 2.17. The quantitative estimate of drug-likeness (QED) is 0.716. The van der Waals surface area contributed by atoms with Crippen molar-refractivity contribution in [2.24, 2.45) is 0 Å². The van der Waals surface area contributed by atoms with Crippen molar-refractivity contribution in [3.8, 4) is 5.75 Å². The number of hydrogen-bond acceptors (Lipinski definition) is 3. The smallest absolute Gasteiger partial charge is 0.238 e. The topological polar surface area (TPSA) is 61.4 Å². The Balaban J connectivity index is 1.82. The second-order valence-electron chi connectivity index (χ2n) is 4.91. The highest BCUT2D eigenvalue weighted by atomic mass is 16.3. The van der Waals surface area contributed by atoms with E-state index in [-0.39, 0.29) is 11.7 Å². The zero-order chi connectivity index (χ0) is 13.0. The Morgan fingerprint density at radius 1 is 1.39 bits per heavy atom. The van der Waals surface area contributed by atoms with Gasteiger partial charge >= 0.3 is 0 Å². The first-order valence-electron chi connectivity index (χ1n) is 6.48. The molecule has 4 heteroatoms. The summed E-state index contributed by atoms with van der Waals surface area (Å²) >= 11 is 0. The Morgan fingerprint density at radius 3 is 2.78 bits per heavy atom. The molecule has 0 unspecified atom stereocenters. The van der Waals surface area contributed by atoms with Crippen molar-refractivity contribution in [1.82, 2.24) is 5.32 Å². The fourth-order valence-electron chi connectivity index (χ4n) is 2.35. The van der Waals surface area contributed by atoms with Crippen LogP contribution < -0.4 is 10.6 Å². The molecule has 1 aromatic rings. The van der Waals surface area contributed by atoms with Crippen LogP contribution in [0.3, 0.4) is 0 Å². The molecular formula is C14H20N2O2. The number of phenols is 1. The van der Waals surface area contributed by atoms with Crippen LogP contribution in [0.25, 0.3) is 0 Å². The number of amides is 1. The van der Waals surface area contributed by atoms with Crippen molar-refractivity contribution < 1.29 is 9.90 Å². The molecule has 1 aliphatic rings. The summed E-state index contributed by atoms with van der Waals surface area (Å²) in [7, 11) is 0. The normalized spacial score (nSPS) is 15.8. The third-order valence-corrected chi connectivity index (χ3v) is 3.39. The van der Waals surface area contributed by atoms with Gasteiger partial charge in [0.2, 0.25) is 5.91 Å². The van der Waals surface area contributed by atoms with Crippen LogP contribution in [-0.2, 0) is 4.79 Å². The molecule has 1 amide bonds. The zero-order valence-corrected chi connectivity index (χ0v) is 10.7. The van der Waals surface area contributed by atoms with Crippen molar-refractivity contribution in [2.75, 3.05) is 11.9 Å². The van der Waals surface area contributed by atoms with Gasteiger partial charge in [0.25, 0.3) is 0 Å². The van der Waals surface area contributed by atoms with Gasteiger partial charge in [0, 0.05) is 11.7 Å². The van der Waals surface area contributed by atoms with E-state index < -0.39 is 0 Å². The van der Waals surface area contributed by atoms with Crippen molar-refractivity contribution in [2.45, 2.75) is 38.6 Å². The highest BCUT2D eigenvalue weighted by Gasteiger charge is 2.15. The zero-order valence-electron chi connectivity index (χ0n) is 10.7. The van der Waals surface area contributed by atoms with E-state index in [4.69, 9.17) is 0 Å². The molecule has 1 aromatic carbocycles. The summed E-state index contributed by atoms with van der Waals surface area (Å²) < 4.78 is 0. The van der Waals surface area contributed by atoms with Gasteiger partial charge in [-0.3, -0.25) is 4.79 Å². The largest absolute Gasteiger partial charge is 0.508 e. The van der Waals surface area contributed by atoms with Crippen LogP contribution in [0.15, 0.2) is 18.2 Å². The van der Waals surface area contributed by atoms with E-state index in [1.807, 2.05) is 6.92 Å². The van der Waals surface area contributed by atoms with E-state index in [1.165, 1.54) is 25.7 Å². The second-order valence-corrected chi connectivity index (χ2v) is 4.91. The first-order valence-corrected chi connectivity index (χ1v) is 6.48. The number of hydrogen-bond donors (Lipinski definition) is 3. The highest BCUT2D eigenvalue weighted by Crippen LogP contribution is 2.20. The van der Waals surface area contributed by atoms with E-state index in [0.29, 0.717) is 12.6 Å². The van der Waals surface area contributed by atoms with E-state index in [9.17, 15) is 9.90 Å². The van der Waals surface area contributed by atoms with Crippen LogP contribution in [0.5, 0.6) is 5.75 Å². The number of nitrogens with one attached hydrogen (secondary N) is 2. The number of carbonyl (C=O) groups excluding carboxylic acids is 1. The number of aryl methyl sites for hydroxylation is 1. The third kappa shape index (κ3) is 3.47. The molecule has 0 bridgehead atoms. The molecule has 1 saturated carbocycles. The van der Waals surface area contributed by atoms with Gasteiger partial charge in [0.1, 0.15) is 5.75 Å². The van der Waals surface area contributed by atoms with Crippen LogP contribution in [0.2, 0.25) is 0 Å². The average molecular weight is 248 g/mol. The van der Waals surface area contributed by atoms with Crippen LogP contribution in [0.1, 0.15) is 31.2 Å². The number of benzene rings is 1. The molecule has 2 rings (SSSR count). The first-order chi connectivity index (χ1) is 8.65.